The van der Waals surface area contributed by atoms with E-state index in [-0.39, 0.29) is 6.61 Å². The van der Waals surface area contributed by atoms with Crippen molar-refractivity contribution in [2.24, 2.45) is 0 Å². The minimum atomic E-state index is -0.515. The van der Waals surface area contributed by atoms with Gasteiger partial charge in [-0.3, -0.25) is 0 Å². The number of methoxy groups -OCH3 is 1. The average molecular weight is 294 g/mol. The van der Waals surface area contributed by atoms with Gasteiger partial charge in [0.2, 0.25) is 0 Å². The Kier molecular flexibility index (Phi) is 8.16. The monoisotopic (exact) mass is 294 g/mol. The molecule has 0 atom stereocenters. The first-order chi connectivity index (χ1) is 10.2. The van der Waals surface area contributed by atoms with Gasteiger partial charge in [0, 0.05) is 19.3 Å². The lowest BCUT2D eigenvalue weighted by molar-refractivity contribution is -0.176. The molecular formula is C16H22O5. The van der Waals surface area contributed by atoms with Crippen molar-refractivity contribution in [3.05, 3.63) is 35.9 Å². The molecule has 1 rings (SSSR count). The van der Waals surface area contributed by atoms with Gasteiger partial charge in [-0.15, -0.1) is 0 Å². The Morgan fingerprint density at radius 2 is 1.76 bits per heavy atom. The van der Waals surface area contributed by atoms with Crippen molar-refractivity contribution >= 4 is 12.0 Å². The second-order valence-electron chi connectivity index (χ2n) is 4.08. The first-order valence-electron chi connectivity index (χ1n) is 6.91. The number of hydrogen-bond donors (Lipinski definition) is 0. The Morgan fingerprint density at radius 3 is 2.29 bits per heavy atom. The van der Waals surface area contributed by atoms with Gasteiger partial charge in [-0.1, -0.05) is 12.1 Å². The Labute approximate surface area is 125 Å². The van der Waals surface area contributed by atoms with E-state index in [4.69, 9.17) is 18.9 Å². The maximum Gasteiger partial charge on any atom is 0.330 e. The van der Waals surface area contributed by atoms with Crippen LogP contribution in [0.5, 0.6) is 5.75 Å². The summed E-state index contributed by atoms with van der Waals surface area (Å²) in [5, 5.41) is 0. The minimum Gasteiger partial charge on any atom is -0.497 e. The Bertz CT molecular complexity index is 432. The Morgan fingerprint density at radius 1 is 1.14 bits per heavy atom. The Balaban J connectivity index is 2.42. The molecule has 21 heavy (non-hydrogen) atoms. The molecule has 0 fully saturated rings. The van der Waals surface area contributed by atoms with Crippen LogP contribution in [0.1, 0.15) is 19.4 Å². The lowest BCUT2D eigenvalue weighted by atomic mass is 10.2. The summed E-state index contributed by atoms with van der Waals surface area (Å²) in [6.45, 7) is 4.80. The van der Waals surface area contributed by atoms with Gasteiger partial charge in [-0.2, -0.15) is 0 Å². The van der Waals surface area contributed by atoms with Crippen molar-refractivity contribution in [3.8, 4) is 5.75 Å². The highest BCUT2D eigenvalue weighted by molar-refractivity contribution is 5.87. The zero-order valence-electron chi connectivity index (χ0n) is 12.7. The summed E-state index contributed by atoms with van der Waals surface area (Å²) in [6, 6.07) is 7.36. The van der Waals surface area contributed by atoms with E-state index >= 15 is 0 Å². The van der Waals surface area contributed by atoms with Crippen LogP contribution in [0.4, 0.5) is 0 Å². The van der Waals surface area contributed by atoms with Crippen LogP contribution in [0.25, 0.3) is 6.08 Å². The quantitative estimate of drug-likeness (QED) is 0.398. The molecule has 1 aromatic rings. The number of ether oxygens (including phenoxy) is 4. The summed E-state index contributed by atoms with van der Waals surface area (Å²) < 4.78 is 20.7. The third-order valence-corrected chi connectivity index (χ3v) is 2.59. The molecule has 0 heterocycles. The fraction of sp³-hybridized carbons (Fsp3) is 0.438. The zero-order valence-corrected chi connectivity index (χ0v) is 12.7. The number of rotatable bonds is 9. The number of carbonyl (C=O) groups is 1. The van der Waals surface area contributed by atoms with Crippen molar-refractivity contribution in [1.82, 2.24) is 0 Å². The predicted octanol–water partition coefficient (Wildman–Crippen LogP) is 2.65. The molecule has 116 valence electrons. The zero-order chi connectivity index (χ0) is 15.5. The number of carbonyl (C=O) groups excluding carboxylic acids is 1. The van der Waals surface area contributed by atoms with E-state index in [1.165, 1.54) is 6.08 Å². The molecule has 0 amide bonds. The average Bonchev–Trinajstić information content (AvgIpc) is 2.51. The highest BCUT2D eigenvalue weighted by Crippen LogP contribution is 2.12. The van der Waals surface area contributed by atoms with Crippen LogP contribution in [-0.2, 0) is 19.0 Å². The molecule has 0 bridgehead atoms. The predicted molar refractivity (Wildman–Crippen MR) is 80.0 cm³/mol. The van der Waals surface area contributed by atoms with E-state index in [1.807, 2.05) is 38.1 Å². The molecule has 0 saturated carbocycles. The molecular weight excluding hydrogens is 272 g/mol. The maximum atomic E-state index is 11.6. The first kappa shape index (κ1) is 17.2. The lowest BCUT2D eigenvalue weighted by Crippen LogP contribution is -2.24. The lowest BCUT2D eigenvalue weighted by Gasteiger charge is -2.16. The van der Waals surface area contributed by atoms with Crippen LogP contribution < -0.4 is 4.74 Å². The molecule has 5 heteroatoms. The molecule has 0 aliphatic rings. The largest absolute Gasteiger partial charge is 0.497 e. The van der Waals surface area contributed by atoms with Gasteiger partial charge in [0.25, 0.3) is 0 Å². The van der Waals surface area contributed by atoms with E-state index < -0.39 is 12.3 Å². The van der Waals surface area contributed by atoms with E-state index in [1.54, 1.807) is 13.2 Å². The SMILES string of the molecule is CCOC(COC(=O)C=Cc1ccc(OC)cc1)OCC. The molecule has 0 aliphatic carbocycles. The smallest absolute Gasteiger partial charge is 0.330 e. The third-order valence-electron chi connectivity index (χ3n) is 2.59. The topological polar surface area (TPSA) is 54.0 Å². The highest BCUT2D eigenvalue weighted by atomic mass is 16.7. The number of benzene rings is 1. The van der Waals surface area contributed by atoms with Crippen LogP contribution in [0.2, 0.25) is 0 Å². The van der Waals surface area contributed by atoms with Crippen LogP contribution in [0.3, 0.4) is 0 Å². The minimum absolute atomic E-state index is 0.0769. The van der Waals surface area contributed by atoms with Gasteiger partial charge in [0.05, 0.1) is 7.11 Å². The summed E-state index contributed by atoms with van der Waals surface area (Å²) in [4.78, 5) is 11.6. The van der Waals surface area contributed by atoms with Crippen LogP contribution >= 0.6 is 0 Å². The van der Waals surface area contributed by atoms with E-state index in [2.05, 4.69) is 0 Å². The molecule has 0 N–H and O–H groups in total. The van der Waals surface area contributed by atoms with Crippen LogP contribution in [0.15, 0.2) is 30.3 Å². The summed E-state index contributed by atoms with van der Waals surface area (Å²) in [5.74, 6) is 0.334. The van der Waals surface area contributed by atoms with E-state index in [0.717, 1.165) is 11.3 Å². The summed E-state index contributed by atoms with van der Waals surface area (Å²) in [5.41, 5.74) is 0.888. The molecule has 1 aromatic carbocycles. The molecule has 0 saturated heterocycles. The number of esters is 1. The van der Waals surface area contributed by atoms with Crippen molar-refractivity contribution in [3.63, 3.8) is 0 Å². The van der Waals surface area contributed by atoms with Gasteiger partial charge in [-0.25, -0.2) is 4.79 Å². The standard InChI is InChI=1S/C16H22O5/c1-4-19-16(20-5-2)12-21-15(17)11-8-13-6-9-14(18-3)10-7-13/h6-11,16H,4-5,12H2,1-3H3. The van der Waals surface area contributed by atoms with Crippen LogP contribution in [-0.4, -0.2) is 39.2 Å². The van der Waals surface area contributed by atoms with Crippen LogP contribution in [0, 0.1) is 0 Å². The van der Waals surface area contributed by atoms with Crippen molar-refractivity contribution in [1.29, 1.82) is 0 Å². The summed E-state index contributed by atoms with van der Waals surface area (Å²) in [7, 11) is 1.61. The molecule has 0 aliphatic heterocycles. The van der Waals surface area contributed by atoms with E-state index in [0.29, 0.717) is 13.2 Å². The van der Waals surface area contributed by atoms with Gasteiger partial charge >= 0.3 is 5.97 Å². The fourth-order valence-electron chi connectivity index (χ4n) is 1.59. The van der Waals surface area contributed by atoms with Gasteiger partial charge in [-0.05, 0) is 37.6 Å². The second kappa shape index (κ2) is 9.96. The Hall–Kier alpha value is -1.85. The van der Waals surface area contributed by atoms with Gasteiger partial charge in [0.1, 0.15) is 12.4 Å². The third kappa shape index (κ3) is 6.92. The van der Waals surface area contributed by atoms with Crippen molar-refractivity contribution in [2.75, 3.05) is 26.9 Å². The molecule has 0 spiro atoms. The molecule has 0 radical (unpaired) electrons. The maximum absolute atomic E-state index is 11.6. The molecule has 5 nitrogen and oxygen atoms in total. The summed E-state index contributed by atoms with van der Waals surface area (Å²) >= 11 is 0. The molecule has 0 unspecified atom stereocenters. The van der Waals surface area contributed by atoms with Crippen molar-refractivity contribution < 1.29 is 23.7 Å². The highest BCUT2D eigenvalue weighted by Gasteiger charge is 2.10. The fourth-order valence-corrected chi connectivity index (χ4v) is 1.59. The molecule has 0 aromatic heterocycles. The summed E-state index contributed by atoms with van der Waals surface area (Å²) in [6.07, 6.45) is 2.54. The van der Waals surface area contributed by atoms with E-state index in [9.17, 15) is 4.79 Å². The first-order valence-corrected chi connectivity index (χ1v) is 6.91. The van der Waals surface area contributed by atoms with Gasteiger partial charge in [0.15, 0.2) is 6.29 Å². The second-order valence-corrected chi connectivity index (χ2v) is 4.08. The number of hydrogen-bond acceptors (Lipinski definition) is 5. The van der Waals surface area contributed by atoms with Crippen molar-refractivity contribution in [2.45, 2.75) is 20.1 Å². The van der Waals surface area contributed by atoms with Gasteiger partial charge < -0.3 is 18.9 Å². The normalized spacial score (nSPS) is 11.0.